The van der Waals surface area contributed by atoms with Crippen molar-refractivity contribution in [3.05, 3.63) is 70.6 Å². The van der Waals surface area contributed by atoms with Crippen LogP contribution in [-0.4, -0.2) is 28.8 Å². The number of nitrogens with one attached hydrogen (secondary N) is 2. The first-order valence-corrected chi connectivity index (χ1v) is 10.9. The zero-order chi connectivity index (χ0) is 22.4. The van der Waals surface area contributed by atoms with Crippen molar-refractivity contribution in [3.8, 4) is 11.1 Å². The first kappa shape index (κ1) is 22.5. The van der Waals surface area contributed by atoms with Gasteiger partial charge < -0.3 is 20.5 Å². The number of carbonyl (C=O) groups is 2. The van der Waals surface area contributed by atoms with Gasteiger partial charge in [0.1, 0.15) is 10.6 Å². The predicted octanol–water partition coefficient (Wildman–Crippen LogP) is 5.34. The Morgan fingerprint density at radius 3 is 2.35 bits per heavy atom. The summed E-state index contributed by atoms with van der Waals surface area (Å²) < 4.78 is 5.30. The van der Waals surface area contributed by atoms with Crippen LogP contribution in [0.4, 0.5) is 10.7 Å². The molecule has 3 aromatic rings. The number of esters is 1. The summed E-state index contributed by atoms with van der Waals surface area (Å²) in [4.78, 5) is 24.6. The van der Waals surface area contributed by atoms with Gasteiger partial charge in [0.15, 0.2) is 5.11 Å². The normalized spacial score (nSPS) is 10.4. The van der Waals surface area contributed by atoms with Crippen molar-refractivity contribution in [3.63, 3.8) is 0 Å². The first-order valence-electron chi connectivity index (χ1n) is 9.63. The maximum atomic E-state index is 12.8. The average molecular weight is 455 g/mol. The van der Waals surface area contributed by atoms with E-state index < -0.39 is 11.9 Å². The van der Waals surface area contributed by atoms with Crippen LogP contribution in [0.2, 0.25) is 0 Å². The van der Waals surface area contributed by atoms with Gasteiger partial charge >= 0.3 is 11.9 Å². The molecule has 0 bridgehead atoms. The Kier molecular flexibility index (Phi) is 7.38. The summed E-state index contributed by atoms with van der Waals surface area (Å²) in [6.45, 7) is 4.00. The highest BCUT2D eigenvalue weighted by molar-refractivity contribution is 7.80. The molecule has 0 saturated heterocycles. The number of hydrogen-bond donors (Lipinski definition) is 3. The number of rotatable bonds is 7. The zero-order valence-corrected chi connectivity index (χ0v) is 18.7. The summed E-state index contributed by atoms with van der Waals surface area (Å²) in [5.41, 5.74) is 3.62. The SMILES string of the molecule is CCOC(=O)c1c(NC(=S)Nc2ccc(CC(=O)O)cc2)sc(C)c1-c1ccccc1. The van der Waals surface area contributed by atoms with Gasteiger partial charge in [-0.25, -0.2) is 4.79 Å². The van der Waals surface area contributed by atoms with E-state index in [9.17, 15) is 9.59 Å². The third-order valence-corrected chi connectivity index (χ3v) is 5.65. The Bertz CT molecular complexity index is 1090. The van der Waals surface area contributed by atoms with E-state index >= 15 is 0 Å². The van der Waals surface area contributed by atoms with Crippen molar-refractivity contribution in [2.45, 2.75) is 20.3 Å². The minimum atomic E-state index is -0.883. The van der Waals surface area contributed by atoms with Crippen LogP contribution in [0.1, 0.15) is 27.7 Å². The lowest BCUT2D eigenvalue weighted by Crippen LogP contribution is -2.20. The molecule has 1 heterocycles. The first-order chi connectivity index (χ1) is 14.9. The number of aliphatic carboxylic acids is 1. The Labute approximate surface area is 189 Å². The van der Waals surface area contributed by atoms with Crippen LogP contribution in [-0.2, 0) is 16.0 Å². The van der Waals surface area contributed by atoms with Crippen LogP contribution >= 0.6 is 23.6 Å². The highest BCUT2D eigenvalue weighted by Gasteiger charge is 2.24. The lowest BCUT2D eigenvalue weighted by molar-refractivity contribution is -0.136. The fourth-order valence-corrected chi connectivity index (χ4v) is 4.48. The maximum absolute atomic E-state index is 12.8. The lowest BCUT2D eigenvalue weighted by Gasteiger charge is -2.12. The summed E-state index contributed by atoms with van der Waals surface area (Å²) in [5, 5.41) is 16.0. The van der Waals surface area contributed by atoms with E-state index in [1.807, 2.05) is 37.3 Å². The molecule has 31 heavy (non-hydrogen) atoms. The molecule has 1 aromatic heterocycles. The number of ether oxygens (including phenoxy) is 1. The molecular formula is C23H22N2O4S2. The summed E-state index contributed by atoms with van der Waals surface area (Å²) in [6, 6.07) is 16.7. The minimum absolute atomic E-state index is 0.0391. The largest absolute Gasteiger partial charge is 0.481 e. The standard InChI is InChI=1S/C23H22N2O4S2/c1-3-29-22(28)20-19(16-7-5-4-6-8-16)14(2)31-21(20)25-23(30)24-17-11-9-15(10-12-17)13-18(26)27/h4-12H,3,13H2,1-2H3,(H,26,27)(H2,24,25,30). The third-order valence-electron chi connectivity index (χ3n) is 4.42. The van der Waals surface area contributed by atoms with Crippen molar-refractivity contribution in [1.82, 2.24) is 0 Å². The highest BCUT2D eigenvalue weighted by atomic mass is 32.1. The molecule has 160 valence electrons. The van der Waals surface area contributed by atoms with E-state index in [0.29, 0.717) is 26.9 Å². The maximum Gasteiger partial charge on any atom is 0.341 e. The molecule has 0 atom stereocenters. The van der Waals surface area contributed by atoms with Gasteiger partial charge in [-0.2, -0.15) is 0 Å². The van der Waals surface area contributed by atoms with Gasteiger partial charge in [-0.05, 0) is 49.3 Å². The average Bonchev–Trinajstić information content (AvgIpc) is 3.05. The number of carboxylic acids is 1. The third kappa shape index (κ3) is 5.68. The van der Waals surface area contributed by atoms with Gasteiger partial charge in [-0.1, -0.05) is 42.5 Å². The molecule has 0 aliphatic carbocycles. The number of benzene rings is 2. The second-order valence-electron chi connectivity index (χ2n) is 6.67. The van der Waals surface area contributed by atoms with E-state index in [-0.39, 0.29) is 13.0 Å². The second kappa shape index (κ2) is 10.2. The summed E-state index contributed by atoms with van der Waals surface area (Å²) in [7, 11) is 0. The molecule has 0 radical (unpaired) electrons. The molecule has 6 nitrogen and oxygen atoms in total. The summed E-state index contributed by atoms with van der Waals surface area (Å²) >= 11 is 6.87. The van der Waals surface area contributed by atoms with Crippen LogP contribution in [0.5, 0.6) is 0 Å². The van der Waals surface area contributed by atoms with Crippen molar-refractivity contribution in [1.29, 1.82) is 0 Å². The van der Waals surface area contributed by atoms with Crippen LogP contribution in [0.3, 0.4) is 0 Å². The van der Waals surface area contributed by atoms with Gasteiger partial charge in [-0.15, -0.1) is 11.3 Å². The molecule has 0 aliphatic heterocycles. The number of thiophene rings is 1. The predicted molar refractivity (Wildman–Crippen MR) is 128 cm³/mol. The van der Waals surface area contributed by atoms with Gasteiger partial charge in [0, 0.05) is 16.1 Å². The molecule has 2 aromatic carbocycles. The molecule has 3 rings (SSSR count). The van der Waals surface area contributed by atoms with Gasteiger partial charge in [-0.3, -0.25) is 4.79 Å². The number of carboxylic acid groups (broad SMARTS) is 1. The number of anilines is 2. The molecule has 0 fully saturated rings. The molecule has 8 heteroatoms. The van der Waals surface area contributed by atoms with E-state index in [4.69, 9.17) is 22.1 Å². The summed E-state index contributed by atoms with van der Waals surface area (Å²) in [5.74, 6) is -1.29. The quantitative estimate of drug-likeness (QED) is 0.328. The molecule has 0 aliphatic rings. The molecule has 3 N–H and O–H groups in total. The van der Waals surface area contributed by atoms with Crippen molar-refractivity contribution in [2.24, 2.45) is 0 Å². The van der Waals surface area contributed by atoms with Crippen LogP contribution in [0, 0.1) is 6.92 Å². The van der Waals surface area contributed by atoms with Crippen LogP contribution in [0.25, 0.3) is 11.1 Å². The number of hydrogen-bond acceptors (Lipinski definition) is 5. The second-order valence-corrected chi connectivity index (χ2v) is 8.30. The number of carbonyl (C=O) groups excluding carboxylic acids is 1. The van der Waals surface area contributed by atoms with Crippen molar-refractivity contribution in [2.75, 3.05) is 17.2 Å². The smallest absolute Gasteiger partial charge is 0.341 e. The van der Waals surface area contributed by atoms with Crippen LogP contribution < -0.4 is 10.6 Å². The van der Waals surface area contributed by atoms with Crippen molar-refractivity contribution >= 4 is 51.3 Å². The minimum Gasteiger partial charge on any atom is -0.481 e. The molecule has 0 spiro atoms. The van der Waals surface area contributed by atoms with Gasteiger partial charge in [0.05, 0.1) is 13.0 Å². The Morgan fingerprint density at radius 2 is 1.74 bits per heavy atom. The van der Waals surface area contributed by atoms with Gasteiger partial charge in [0.25, 0.3) is 0 Å². The fourth-order valence-electron chi connectivity index (χ4n) is 3.13. The van der Waals surface area contributed by atoms with Crippen LogP contribution in [0.15, 0.2) is 54.6 Å². The molecule has 0 amide bonds. The highest BCUT2D eigenvalue weighted by Crippen LogP contribution is 2.40. The monoisotopic (exact) mass is 454 g/mol. The van der Waals surface area contributed by atoms with E-state index in [1.165, 1.54) is 11.3 Å². The topological polar surface area (TPSA) is 87.7 Å². The molecular weight excluding hydrogens is 432 g/mol. The molecule has 0 unspecified atom stereocenters. The Hall–Kier alpha value is -3.23. The number of thiocarbonyl (C=S) groups is 1. The van der Waals surface area contributed by atoms with Crippen molar-refractivity contribution < 1.29 is 19.4 Å². The fraction of sp³-hybridized carbons (Fsp3) is 0.174. The summed E-state index contributed by atoms with van der Waals surface area (Å²) in [6.07, 6.45) is -0.0391. The Morgan fingerprint density at radius 1 is 1.06 bits per heavy atom. The van der Waals surface area contributed by atoms with E-state index in [0.717, 1.165) is 16.0 Å². The van der Waals surface area contributed by atoms with E-state index in [2.05, 4.69) is 10.6 Å². The number of aryl methyl sites for hydroxylation is 1. The zero-order valence-electron chi connectivity index (χ0n) is 17.1. The van der Waals surface area contributed by atoms with E-state index in [1.54, 1.807) is 31.2 Å². The Balaban J connectivity index is 1.84. The lowest BCUT2D eigenvalue weighted by atomic mass is 10.0. The molecule has 0 saturated carbocycles. The van der Waals surface area contributed by atoms with Gasteiger partial charge in [0.2, 0.25) is 0 Å².